The molecule has 0 aliphatic carbocycles. The van der Waals surface area contributed by atoms with Gasteiger partial charge < -0.3 is 15.0 Å². The Hall–Kier alpha value is -2.15. The van der Waals surface area contributed by atoms with E-state index in [9.17, 15) is 19.5 Å². The lowest BCUT2D eigenvalue weighted by Gasteiger charge is -2.16. The van der Waals surface area contributed by atoms with Crippen LogP contribution in [-0.4, -0.2) is 45.4 Å². The molecule has 2 rings (SSSR count). The van der Waals surface area contributed by atoms with E-state index in [1.165, 1.54) is 0 Å². The van der Waals surface area contributed by atoms with Crippen LogP contribution >= 0.6 is 0 Å². The van der Waals surface area contributed by atoms with Gasteiger partial charge in [0.1, 0.15) is 12.6 Å². The molecule has 1 saturated heterocycles. The molecule has 3 amide bonds. The van der Waals surface area contributed by atoms with Crippen molar-refractivity contribution in [1.29, 1.82) is 0 Å². The van der Waals surface area contributed by atoms with E-state index >= 15 is 0 Å². The molecule has 0 spiro atoms. The average Bonchev–Trinajstić information content (AvgIpc) is 2.96. The fourth-order valence-corrected chi connectivity index (χ4v) is 2.13. The standard InChI is InChI=1S/C13H17N3O4/c1-15-6-2-3-9(15)10(17)7-14-11(18)8-16-12(19)4-5-13(16)20/h2-3,6,10,17H,4-5,7-8H2,1H3,(H,14,18)/t10-/m0/s1. The summed E-state index contributed by atoms with van der Waals surface area (Å²) in [6.45, 7) is -0.246. The number of likely N-dealkylation sites (tertiary alicyclic amines) is 1. The van der Waals surface area contributed by atoms with Crippen molar-refractivity contribution in [1.82, 2.24) is 14.8 Å². The summed E-state index contributed by atoms with van der Waals surface area (Å²) in [5.74, 6) is -1.11. The summed E-state index contributed by atoms with van der Waals surface area (Å²) in [5, 5.41) is 12.4. The number of carbonyl (C=O) groups excluding carboxylic acids is 3. The molecule has 0 bridgehead atoms. The fraction of sp³-hybridized carbons (Fsp3) is 0.462. The monoisotopic (exact) mass is 279 g/mol. The second-order valence-corrected chi connectivity index (χ2v) is 4.74. The Kier molecular flexibility index (Phi) is 4.19. The number of hydrogen-bond acceptors (Lipinski definition) is 4. The largest absolute Gasteiger partial charge is 0.385 e. The number of carbonyl (C=O) groups is 3. The van der Waals surface area contributed by atoms with Crippen molar-refractivity contribution in [3.05, 3.63) is 24.0 Å². The topological polar surface area (TPSA) is 91.6 Å². The number of imide groups is 1. The lowest BCUT2D eigenvalue weighted by molar-refractivity contribution is -0.142. The highest BCUT2D eigenvalue weighted by Gasteiger charge is 2.30. The molecule has 1 aromatic rings. The number of hydrogen-bond donors (Lipinski definition) is 2. The SMILES string of the molecule is Cn1cccc1[C@@H](O)CNC(=O)CN1C(=O)CCC1=O. The summed E-state index contributed by atoms with van der Waals surface area (Å²) in [6, 6.07) is 3.55. The van der Waals surface area contributed by atoms with Gasteiger partial charge in [0.25, 0.3) is 0 Å². The zero-order valence-electron chi connectivity index (χ0n) is 11.2. The number of nitrogens with zero attached hydrogens (tertiary/aromatic N) is 2. The van der Waals surface area contributed by atoms with Crippen molar-refractivity contribution in [3.63, 3.8) is 0 Å². The summed E-state index contributed by atoms with van der Waals surface area (Å²) in [7, 11) is 1.79. The van der Waals surface area contributed by atoms with Crippen molar-refractivity contribution in [2.75, 3.05) is 13.1 Å². The first-order chi connectivity index (χ1) is 9.49. The normalized spacial score (nSPS) is 16.6. The van der Waals surface area contributed by atoms with Gasteiger partial charge in [-0.1, -0.05) is 0 Å². The van der Waals surface area contributed by atoms with Crippen LogP contribution in [0.4, 0.5) is 0 Å². The van der Waals surface area contributed by atoms with Crippen LogP contribution in [-0.2, 0) is 21.4 Å². The molecule has 7 heteroatoms. The van der Waals surface area contributed by atoms with Crippen LogP contribution in [0.2, 0.25) is 0 Å². The highest BCUT2D eigenvalue weighted by Crippen LogP contribution is 2.12. The van der Waals surface area contributed by atoms with E-state index in [0.29, 0.717) is 5.69 Å². The van der Waals surface area contributed by atoms with Gasteiger partial charge in [-0.05, 0) is 12.1 Å². The molecule has 20 heavy (non-hydrogen) atoms. The van der Waals surface area contributed by atoms with Gasteiger partial charge in [0.15, 0.2) is 0 Å². The van der Waals surface area contributed by atoms with Crippen molar-refractivity contribution >= 4 is 17.7 Å². The number of rotatable bonds is 5. The van der Waals surface area contributed by atoms with E-state index < -0.39 is 12.0 Å². The highest BCUT2D eigenvalue weighted by atomic mass is 16.3. The maximum atomic E-state index is 11.7. The van der Waals surface area contributed by atoms with Crippen LogP contribution < -0.4 is 5.32 Å². The second-order valence-electron chi connectivity index (χ2n) is 4.74. The summed E-state index contributed by atoms with van der Waals surface area (Å²) in [6.07, 6.45) is 1.29. The van der Waals surface area contributed by atoms with Gasteiger partial charge in [0, 0.05) is 38.3 Å². The van der Waals surface area contributed by atoms with Crippen LogP contribution in [0.15, 0.2) is 18.3 Å². The van der Waals surface area contributed by atoms with E-state index in [-0.39, 0.29) is 37.7 Å². The predicted octanol–water partition coefficient (Wildman–Crippen LogP) is -0.676. The summed E-state index contributed by atoms with van der Waals surface area (Å²) in [5.41, 5.74) is 0.679. The zero-order chi connectivity index (χ0) is 14.7. The van der Waals surface area contributed by atoms with Crippen molar-refractivity contribution in [2.45, 2.75) is 18.9 Å². The van der Waals surface area contributed by atoms with Crippen LogP contribution in [0.3, 0.4) is 0 Å². The molecule has 1 aromatic heterocycles. The Morgan fingerprint density at radius 3 is 2.60 bits per heavy atom. The maximum absolute atomic E-state index is 11.7. The third-order valence-corrected chi connectivity index (χ3v) is 3.27. The smallest absolute Gasteiger partial charge is 0.240 e. The van der Waals surface area contributed by atoms with Gasteiger partial charge in [0.2, 0.25) is 17.7 Å². The van der Waals surface area contributed by atoms with Crippen LogP contribution in [0, 0.1) is 0 Å². The van der Waals surface area contributed by atoms with Gasteiger partial charge in [-0.15, -0.1) is 0 Å². The molecule has 1 aliphatic rings. The number of amides is 3. The number of aromatic nitrogens is 1. The molecule has 1 atom stereocenters. The summed E-state index contributed by atoms with van der Waals surface area (Å²) < 4.78 is 1.75. The molecule has 2 heterocycles. The minimum absolute atomic E-state index is 0.0346. The quantitative estimate of drug-likeness (QED) is 0.699. The molecule has 1 fully saturated rings. The van der Waals surface area contributed by atoms with Crippen LogP contribution in [0.5, 0.6) is 0 Å². The van der Waals surface area contributed by atoms with Crippen molar-refractivity contribution < 1.29 is 19.5 Å². The molecular weight excluding hydrogens is 262 g/mol. The van der Waals surface area contributed by atoms with Crippen LogP contribution in [0.25, 0.3) is 0 Å². The van der Waals surface area contributed by atoms with Gasteiger partial charge >= 0.3 is 0 Å². The number of aliphatic hydroxyl groups excluding tert-OH is 1. The van der Waals surface area contributed by atoms with E-state index in [0.717, 1.165) is 4.90 Å². The minimum Gasteiger partial charge on any atom is -0.385 e. The van der Waals surface area contributed by atoms with Crippen LogP contribution in [0.1, 0.15) is 24.6 Å². The molecule has 0 radical (unpaired) electrons. The highest BCUT2D eigenvalue weighted by molar-refractivity contribution is 6.04. The van der Waals surface area contributed by atoms with E-state index in [4.69, 9.17) is 0 Å². The zero-order valence-corrected chi connectivity index (χ0v) is 11.2. The van der Waals surface area contributed by atoms with E-state index in [1.54, 1.807) is 29.9 Å². The Morgan fingerprint density at radius 2 is 2.05 bits per heavy atom. The summed E-state index contributed by atoms with van der Waals surface area (Å²) >= 11 is 0. The summed E-state index contributed by atoms with van der Waals surface area (Å²) in [4.78, 5) is 35.3. The minimum atomic E-state index is -0.830. The van der Waals surface area contributed by atoms with Gasteiger partial charge in [-0.25, -0.2) is 0 Å². The number of nitrogens with one attached hydrogen (secondary N) is 1. The van der Waals surface area contributed by atoms with Gasteiger partial charge in [-0.3, -0.25) is 19.3 Å². The Morgan fingerprint density at radius 1 is 1.40 bits per heavy atom. The van der Waals surface area contributed by atoms with E-state index in [2.05, 4.69) is 5.32 Å². The first-order valence-corrected chi connectivity index (χ1v) is 6.38. The molecule has 0 aromatic carbocycles. The van der Waals surface area contributed by atoms with Crippen molar-refractivity contribution in [3.8, 4) is 0 Å². The first kappa shape index (κ1) is 14.3. The molecular formula is C13H17N3O4. The molecule has 7 nitrogen and oxygen atoms in total. The van der Waals surface area contributed by atoms with Gasteiger partial charge in [-0.2, -0.15) is 0 Å². The molecule has 1 aliphatic heterocycles. The number of aliphatic hydroxyl groups is 1. The fourth-order valence-electron chi connectivity index (χ4n) is 2.13. The average molecular weight is 279 g/mol. The van der Waals surface area contributed by atoms with Gasteiger partial charge in [0.05, 0.1) is 0 Å². The first-order valence-electron chi connectivity index (χ1n) is 6.38. The Labute approximate surface area is 116 Å². The molecule has 0 unspecified atom stereocenters. The van der Waals surface area contributed by atoms with E-state index in [1.807, 2.05) is 0 Å². The second kappa shape index (κ2) is 5.87. The molecule has 2 N–H and O–H groups in total. The lowest BCUT2D eigenvalue weighted by Crippen LogP contribution is -2.41. The molecule has 108 valence electrons. The maximum Gasteiger partial charge on any atom is 0.240 e. The molecule has 0 saturated carbocycles. The third-order valence-electron chi connectivity index (χ3n) is 3.27. The number of aryl methyl sites for hydroxylation is 1. The third kappa shape index (κ3) is 3.05. The lowest BCUT2D eigenvalue weighted by atomic mass is 10.2. The van der Waals surface area contributed by atoms with Crippen molar-refractivity contribution in [2.24, 2.45) is 7.05 Å². The Balaban J connectivity index is 1.82. The predicted molar refractivity (Wildman–Crippen MR) is 69.3 cm³/mol. The Bertz CT molecular complexity index is 521.